The monoisotopic (exact) mass is 385 g/mol. The van der Waals surface area contributed by atoms with Gasteiger partial charge in [-0.05, 0) is 49.4 Å². The lowest BCUT2D eigenvalue weighted by molar-refractivity contribution is -0.0498. The smallest absolute Gasteiger partial charge is 0.387 e. The highest BCUT2D eigenvalue weighted by Crippen LogP contribution is 2.31. The lowest BCUT2D eigenvalue weighted by Crippen LogP contribution is -2.11. The Bertz CT molecular complexity index is 1010. The number of alkyl halides is 2. The van der Waals surface area contributed by atoms with Gasteiger partial charge in [0.15, 0.2) is 5.13 Å². The van der Waals surface area contributed by atoms with E-state index in [-0.39, 0.29) is 11.7 Å². The predicted molar refractivity (Wildman–Crippen MR) is 98.0 cm³/mol. The van der Waals surface area contributed by atoms with Gasteiger partial charge in [-0.1, -0.05) is 6.07 Å². The van der Waals surface area contributed by atoms with Crippen molar-refractivity contribution < 1.29 is 18.3 Å². The van der Waals surface area contributed by atoms with Crippen molar-refractivity contribution in [1.82, 2.24) is 4.98 Å². The lowest BCUT2D eigenvalue weighted by Gasteiger charge is -2.05. The van der Waals surface area contributed by atoms with Crippen LogP contribution in [0.2, 0.25) is 0 Å². The number of ether oxygens (including phenoxy) is 1. The highest BCUT2D eigenvalue weighted by molar-refractivity contribution is 7.16. The third kappa shape index (κ3) is 4.46. The summed E-state index contributed by atoms with van der Waals surface area (Å²) in [6, 6.07) is 14.5. The van der Waals surface area contributed by atoms with Crippen molar-refractivity contribution in [3.05, 3.63) is 64.5 Å². The number of hydrogen-bond donors (Lipinski definition) is 1. The van der Waals surface area contributed by atoms with Crippen molar-refractivity contribution in [2.24, 2.45) is 0 Å². The Hall–Kier alpha value is -3.31. The molecule has 1 aromatic heterocycles. The number of nitrogens with zero attached hydrogens (tertiary/aromatic N) is 2. The van der Waals surface area contributed by atoms with Gasteiger partial charge in [0, 0.05) is 16.0 Å². The normalized spacial score (nSPS) is 10.5. The fourth-order valence-electron chi connectivity index (χ4n) is 2.41. The zero-order valence-corrected chi connectivity index (χ0v) is 14.9. The van der Waals surface area contributed by atoms with Crippen molar-refractivity contribution in [1.29, 1.82) is 5.26 Å². The maximum Gasteiger partial charge on any atom is 0.387 e. The summed E-state index contributed by atoms with van der Waals surface area (Å²) in [5.41, 5.74) is 2.11. The molecule has 2 aromatic carbocycles. The second-order valence-corrected chi connectivity index (χ2v) is 6.68. The van der Waals surface area contributed by atoms with Gasteiger partial charge < -0.3 is 4.74 Å². The van der Waals surface area contributed by atoms with Crippen molar-refractivity contribution in [3.63, 3.8) is 0 Å². The number of amides is 1. The summed E-state index contributed by atoms with van der Waals surface area (Å²) in [5.74, 6) is -0.305. The average Bonchev–Trinajstić information content (AvgIpc) is 3.02. The number of carbonyl (C=O) groups is 1. The van der Waals surface area contributed by atoms with Crippen LogP contribution in [0.15, 0.2) is 48.5 Å². The molecule has 0 saturated heterocycles. The number of carbonyl (C=O) groups excluding carboxylic acids is 1. The summed E-state index contributed by atoms with van der Waals surface area (Å²) >= 11 is 1.30. The summed E-state index contributed by atoms with van der Waals surface area (Å²) in [6.07, 6.45) is 0. The van der Waals surface area contributed by atoms with Gasteiger partial charge in [0.25, 0.3) is 5.91 Å². The van der Waals surface area contributed by atoms with E-state index in [1.807, 2.05) is 13.0 Å². The van der Waals surface area contributed by atoms with E-state index in [2.05, 4.69) is 15.0 Å². The Morgan fingerprint density at radius 2 is 2.00 bits per heavy atom. The Morgan fingerprint density at radius 3 is 2.67 bits per heavy atom. The first kappa shape index (κ1) is 18.5. The van der Waals surface area contributed by atoms with Crippen molar-refractivity contribution in [3.8, 4) is 23.1 Å². The molecule has 1 amide bonds. The van der Waals surface area contributed by atoms with Crippen LogP contribution in [0.1, 0.15) is 20.8 Å². The molecule has 1 heterocycles. The molecule has 5 nitrogen and oxygen atoms in total. The fraction of sp³-hybridized carbons (Fsp3) is 0.105. The molecule has 0 aliphatic rings. The molecule has 0 atom stereocenters. The largest absolute Gasteiger partial charge is 0.435 e. The third-order valence-corrected chi connectivity index (χ3v) is 4.51. The Balaban J connectivity index is 1.78. The molecular weight excluding hydrogens is 372 g/mol. The van der Waals surface area contributed by atoms with Crippen LogP contribution in [-0.2, 0) is 0 Å². The summed E-state index contributed by atoms with van der Waals surface area (Å²) in [7, 11) is 0. The molecule has 3 aromatic rings. The van der Waals surface area contributed by atoms with Gasteiger partial charge in [-0.25, -0.2) is 4.98 Å². The quantitative estimate of drug-likeness (QED) is 0.682. The first-order valence-corrected chi connectivity index (χ1v) is 8.62. The number of aryl methyl sites for hydroxylation is 1. The number of rotatable bonds is 5. The van der Waals surface area contributed by atoms with Crippen LogP contribution in [0.5, 0.6) is 5.75 Å². The Morgan fingerprint density at radius 1 is 1.26 bits per heavy atom. The van der Waals surface area contributed by atoms with E-state index in [0.717, 1.165) is 10.4 Å². The number of anilines is 1. The second-order valence-electron chi connectivity index (χ2n) is 5.47. The highest BCUT2D eigenvalue weighted by atomic mass is 32.1. The van der Waals surface area contributed by atoms with Gasteiger partial charge in [0.05, 0.1) is 17.3 Å². The number of nitrogens with one attached hydrogen (secondary N) is 1. The van der Waals surface area contributed by atoms with Crippen LogP contribution in [0, 0.1) is 18.3 Å². The third-order valence-electron chi connectivity index (χ3n) is 3.62. The van der Waals surface area contributed by atoms with E-state index in [9.17, 15) is 13.6 Å². The van der Waals surface area contributed by atoms with Crippen molar-refractivity contribution in [2.45, 2.75) is 13.5 Å². The molecule has 1 N–H and O–H groups in total. The topological polar surface area (TPSA) is 75.0 Å². The second kappa shape index (κ2) is 7.93. The van der Waals surface area contributed by atoms with E-state index in [1.54, 1.807) is 30.3 Å². The molecule has 27 heavy (non-hydrogen) atoms. The van der Waals surface area contributed by atoms with Crippen molar-refractivity contribution in [2.75, 3.05) is 5.32 Å². The van der Waals surface area contributed by atoms with Gasteiger partial charge >= 0.3 is 6.61 Å². The number of hydrogen-bond acceptors (Lipinski definition) is 5. The van der Waals surface area contributed by atoms with E-state index in [0.29, 0.717) is 22.0 Å². The van der Waals surface area contributed by atoms with Gasteiger partial charge in [0.2, 0.25) is 0 Å². The summed E-state index contributed by atoms with van der Waals surface area (Å²) in [6.45, 7) is -1.03. The molecule has 0 unspecified atom stereocenters. The molecular formula is C19H13F2N3O2S. The summed E-state index contributed by atoms with van der Waals surface area (Å²) in [4.78, 5) is 17.6. The van der Waals surface area contributed by atoms with E-state index in [1.165, 1.54) is 29.5 Å². The molecule has 0 saturated carbocycles. The number of aromatic nitrogens is 1. The van der Waals surface area contributed by atoms with Crippen LogP contribution in [0.3, 0.4) is 0 Å². The molecule has 8 heteroatoms. The molecule has 0 spiro atoms. The van der Waals surface area contributed by atoms with Crippen LogP contribution >= 0.6 is 11.3 Å². The van der Waals surface area contributed by atoms with Crippen LogP contribution in [0.4, 0.5) is 13.9 Å². The molecule has 0 bridgehead atoms. The highest BCUT2D eigenvalue weighted by Gasteiger charge is 2.14. The number of nitriles is 1. The van der Waals surface area contributed by atoms with E-state index >= 15 is 0 Å². The van der Waals surface area contributed by atoms with Gasteiger partial charge in [0.1, 0.15) is 5.75 Å². The molecule has 0 radical (unpaired) electrons. The maximum absolute atomic E-state index is 12.3. The van der Waals surface area contributed by atoms with Crippen LogP contribution < -0.4 is 10.1 Å². The van der Waals surface area contributed by atoms with Crippen molar-refractivity contribution >= 4 is 22.4 Å². The minimum atomic E-state index is -2.88. The average molecular weight is 385 g/mol. The van der Waals surface area contributed by atoms with E-state index < -0.39 is 6.61 Å². The van der Waals surface area contributed by atoms with Crippen LogP contribution in [0.25, 0.3) is 11.3 Å². The molecule has 0 aliphatic carbocycles. The standard InChI is InChI=1S/C19H13F2N3O2S/c1-11-16(13-5-7-15(8-6-13)26-18(20)21)23-19(27-11)24-17(25)14-4-2-3-12(9-14)10-22/h2-9,18H,1H3,(H,23,24,25). The zero-order chi connectivity index (χ0) is 19.4. The summed E-state index contributed by atoms with van der Waals surface area (Å²) in [5, 5.41) is 12.0. The molecule has 0 fully saturated rings. The SMILES string of the molecule is Cc1sc(NC(=O)c2cccc(C#N)c2)nc1-c1ccc(OC(F)F)cc1. The minimum Gasteiger partial charge on any atom is -0.435 e. The van der Waals surface area contributed by atoms with E-state index in [4.69, 9.17) is 5.26 Å². The zero-order valence-electron chi connectivity index (χ0n) is 14.1. The molecule has 0 aliphatic heterocycles. The lowest BCUT2D eigenvalue weighted by atomic mass is 10.1. The number of thiazole rings is 1. The van der Waals surface area contributed by atoms with Gasteiger partial charge in [-0.3, -0.25) is 10.1 Å². The maximum atomic E-state index is 12.3. The van der Waals surface area contributed by atoms with Gasteiger partial charge in [-0.2, -0.15) is 14.0 Å². The minimum absolute atomic E-state index is 0.0625. The first-order chi connectivity index (χ1) is 13.0. The summed E-state index contributed by atoms with van der Waals surface area (Å²) < 4.78 is 28.8. The molecule has 3 rings (SSSR count). The fourth-order valence-corrected chi connectivity index (χ4v) is 3.24. The first-order valence-electron chi connectivity index (χ1n) is 7.80. The molecule has 136 valence electrons. The predicted octanol–water partition coefficient (Wildman–Crippen LogP) is 4.84. The Kier molecular flexibility index (Phi) is 5.43. The number of benzene rings is 2. The van der Waals surface area contributed by atoms with Gasteiger partial charge in [-0.15, -0.1) is 11.3 Å². The Labute approximate surface area is 157 Å². The number of halogens is 2. The van der Waals surface area contributed by atoms with Crippen LogP contribution in [-0.4, -0.2) is 17.5 Å².